The lowest BCUT2D eigenvalue weighted by molar-refractivity contribution is 0.328. The second kappa shape index (κ2) is 6.61. The molecule has 2 aromatic rings. The average Bonchev–Trinajstić information content (AvgIpc) is 2.51. The molecule has 1 heterocycles. The largest absolute Gasteiger partial charge is 0.335 e. The maximum atomic E-state index is 8.87. The fourth-order valence-corrected chi connectivity index (χ4v) is 2.22. The van der Waals surface area contributed by atoms with E-state index in [1.54, 1.807) is 0 Å². The normalized spacial score (nSPS) is 12.4. The monoisotopic (exact) mass is 320 g/mol. The molecule has 2 heteroatoms. The fourth-order valence-electron chi connectivity index (χ4n) is 2.22. The molecule has 0 bridgehead atoms. The third-order valence-corrected chi connectivity index (χ3v) is 3.80. The van der Waals surface area contributed by atoms with Crippen molar-refractivity contribution in [3.63, 3.8) is 0 Å². The molecule has 2 rings (SSSR count). The van der Waals surface area contributed by atoms with E-state index in [0.717, 1.165) is 22.6 Å². The van der Waals surface area contributed by atoms with Gasteiger partial charge in [0.2, 0.25) is 0 Å². The van der Waals surface area contributed by atoms with Crippen molar-refractivity contribution in [1.82, 2.24) is 0 Å². The molecule has 0 atom stereocenters. The second-order valence-electron chi connectivity index (χ2n) is 8.19. The highest BCUT2D eigenvalue weighted by molar-refractivity contribution is 5.70. The van der Waals surface area contributed by atoms with E-state index in [2.05, 4.69) is 71.9 Å². The van der Waals surface area contributed by atoms with E-state index in [1.165, 1.54) is 0 Å². The summed E-state index contributed by atoms with van der Waals surface area (Å²) in [7, 11) is 0. The zero-order chi connectivity index (χ0) is 18.0. The highest BCUT2D eigenvalue weighted by Crippen LogP contribution is 2.30. The lowest BCUT2D eigenvalue weighted by Gasteiger charge is -2.14. The van der Waals surface area contributed by atoms with Gasteiger partial charge in [0.15, 0.2) is 0 Å². The standard InChI is InChI=1S/C22H26NO/c1-21(2,3)19-13-18(14-20(24-19)22(4,5)6)12-9-16-7-10-17(15-23)11-8-16/h7-14H,1-6H3/q+1/b12-9+. The van der Waals surface area contributed by atoms with E-state index in [1.807, 2.05) is 24.3 Å². The van der Waals surface area contributed by atoms with Crippen LogP contribution in [0.1, 0.15) is 69.8 Å². The van der Waals surface area contributed by atoms with E-state index >= 15 is 0 Å². The quantitative estimate of drug-likeness (QED) is 0.618. The van der Waals surface area contributed by atoms with Gasteiger partial charge in [0.25, 0.3) is 0 Å². The van der Waals surface area contributed by atoms with Crippen molar-refractivity contribution in [2.75, 3.05) is 0 Å². The van der Waals surface area contributed by atoms with Crippen LogP contribution >= 0.6 is 0 Å². The molecule has 0 unspecified atom stereocenters. The van der Waals surface area contributed by atoms with Crippen LogP contribution in [-0.4, -0.2) is 0 Å². The molecule has 1 aromatic heterocycles. The Bertz CT molecular complexity index is 746. The topological polar surface area (TPSA) is 35.1 Å². The minimum Gasteiger partial charge on any atom is -0.217 e. The maximum absolute atomic E-state index is 8.87. The number of benzene rings is 1. The van der Waals surface area contributed by atoms with Gasteiger partial charge >= 0.3 is 11.5 Å². The van der Waals surface area contributed by atoms with Crippen LogP contribution in [0.4, 0.5) is 0 Å². The summed E-state index contributed by atoms with van der Waals surface area (Å²) in [5.41, 5.74) is 2.79. The predicted molar refractivity (Wildman–Crippen MR) is 101 cm³/mol. The van der Waals surface area contributed by atoms with Crippen LogP contribution in [0.5, 0.6) is 0 Å². The summed E-state index contributed by atoms with van der Waals surface area (Å²) in [5.74, 6) is 1.96. The van der Waals surface area contributed by atoms with Crippen LogP contribution in [0.25, 0.3) is 12.2 Å². The van der Waals surface area contributed by atoms with E-state index in [0.29, 0.717) is 5.56 Å². The molecule has 0 aliphatic heterocycles. The Labute approximate surface area is 145 Å². The van der Waals surface area contributed by atoms with E-state index in [-0.39, 0.29) is 10.8 Å². The van der Waals surface area contributed by atoms with Crippen molar-refractivity contribution in [2.24, 2.45) is 0 Å². The van der Waals surface area contributed by atoms with Gasteiger partial charge in [-0.05, 0) is 64.8 Å². The molecule has 2 nitrogen and oxygen atoms in total. The smallest absolute Gasteiger partial charge is 0.217 e. The van der Waals surface area contributed by atoms with Gasteiger partial charge in [-0.15, -0.1) is 0 Å². The van der Waals surface area contributed by atoms with Crippen LogP contribution in [0, 0.1) is 11.3 Å². The van der Waals surface area contributed by atoms with Gasteiger partial charge in [-0.2, -0.15) is 5.26 Å². The number of rotatable bonds is 2. The zero-order valence-electron chi connectivity index (χ0n) is 15.5. The summed E-state index contributed by atoms with van der Waals surface area (Å²) in [6.07, 6.45) is 4.16. The van der Waals surface area contributed by atoms with Crippen LogP contribution < -0.4 is 0 Å². The summed E-state index contributed by atoms with van der Waals surface area (Å²) in [4.78, 5) is 0. The number of nitriles is 1. The van der Waals surface area contributed by atoms with Crippen molar-refractivity contribution >= 4 is 12.2 Å². The summed E-state index contributed by atoms with van der Waals surface area (Å²) in [6, 6.07) is 13.9. The molecule has 0 aliphatic carbocycles. The van der Waals surface area contributed by atoms with Crippen LogP contribution in [0.15, 0.2) is 40.8 Å². The van der Waals surface area contributed by atoms with Crippen molar-refractivity contribution in [1.29, 1.82) is 5.26 Å². The Hall–Kier alpha value is -2.40. The van der Waals surface area contributed by atoms with Gasteiger partial charge in [0, 0.05) is 12.1 Å². The third kappa shape index (κ3) is 4.55. The number of hydrogen-bond acceptors (Lipinski definition) is 1. The zero-order valence-corrected chi connectivity index (χ0v) is 15.5. The van der Waals surface area contributed by atoms with Gasteiger partial charge in [0.1, 0.15) is 0 Å². The van der Waals surface area contributed by atoms with Gasteiger partial charge in [-0.3, -0.25) is 0 Å². The predicted octanol–water partition coefficient (Wildman–Crippen LogP) is 6.20. The van der Waals surface area contributed by atoms with E-state index in [9.17, 15) is 0 Å². The number of nitrogens with zero attached hydrogens (tertiary/aromatic N) is 1. The highest BCUT2D eigenvalue weighted by atomic mass is 16.3. The maximum Gasteiger partial charge on any atom is 0.335 e. The first-order chi connectivity index (χ1) is 11.1. The van der Waals surface area contributed by atoms with Crippen LogP contribution in [0.2, 0.25) is 0 Å². The summed E-state index contributed by atoms with van der Waals surface area (Å²) < 4.78 is 6.16. The Morgan fingerprint density at radius 3 is 1.67 bits per heavy atom. The molecular formula is C22H26NO+. The Morgan fingerprint density at radius 2 is 1.25 bits per heavy atom. The minimum absolute atomic E-state index is 0.0434. The Balaban J connectivity index is 2.41. The molecule has 0 saturated carbocycles. The van der Waals surface area contributed by atoms with E-state index in [4.69, 9.17) is 9.68 Å². The SMILES string of the molecule is CC(C)(C)c1cc(/C=C/c2ccc(C#N)cc2)cc(C(C)(C)C)[o+]1. The second-order valence-corrected chi connectivity index (χ2v) is 8.19. The van der Waals surface area contributed by atoms with Crippen molar-refractivity contribution in [3.05, 3.63) is 64.6 Å². The number of hydrogen-bond donors (Lipinski definition) is 0. The molecule has 0 fully saturated rings. The molecule has 0 amide bonds. The Morgan fingerprint density at radius 1 is 0.792 bits per heavy atom. The molecule has 124 valence electrons. The molecule has 0 radical (unpaired) electrons. The first kappa shape index (κ1) is 17.9. The molecule has 0 aliphatic rings. The molecular weight excluding hydrogens is 294 g/mol. The minimum atomic E-state index is -0.0434. The molecule has 0 saturated heterocycles. The molecule has 0 spiro atoms. The fraction of sp³-hybridized carbons (Fsp3) is 0.364. The molecule has 24 heavy (non-hydrogen) atoms. The Kier molecular flexibility index (Phi) is 4.94. The van der Waals surface area contributed by atoms with E-state index < -0.39 is 0 Å². The van der Waals surface area contributed by atoms with Gasteiger partial charge < -0.3 is 0 Å². The van der Waals surface area contributed by atoms with Gasteiger partial charge in [-0.1, -0.05) is 24.3 Å². The van der Waals surface area contributed by atoms with Crippen molar-refractivity contribution < 1.29 is 4.42 Å². The van der Waals surface area contributed by atoms with Crippen molar-refractivity contribution in [3.8, 4) is 6.07 Å². The first-order valence-electron chi connectivity index (χ1n) is 8.27. The molecule has 0 N–H and O–H groups in total. The first-order valence-corrected chi connectivity index (χ1v) is 8.27. The van der Waals surface area contributed by atoms with Gasteiger partial charge in [-0.25, -0.2) is 4.42 Å². The summed E-state index contributed by atoms with van der Waals surface area (Å²) in [6.45, 7) is 13.0. The highest BCUT2D eigenvalue weighted by Gasteiger charge is 2.33. The lowest BCUT2D eigenvalue weighted by atomic mass is 9.88. The lowest BCUT2D eigenvalue weighted by Crippen LogP contribution is -2.16. The molecule has 1 aromatic carbocycles. The summed E-state index contributed by atoms with van der Waals surface area (Å²) in [5, 5.41) is 8.87. The third-order valence-electron chi connectivity index (χ3n) is 3.80. The average molecular weight is 320 g/mol. The van der Waals surface area contributed by atoms with Gasteiger partial charge in [0.05, 0.1) is 22.5 Å². The summed E-state index contributed by atoms with van der Waals surface area (Å²) >= 11 is 0. The van der Waals surface area contributed by atoms with Crippen LogP contribution in [0.3, 0.4) is 0 Å². The van der Waals surface area contributed by atoms with Crippen molar-refractivity contribution in [2.45, 2.75) is 52.4 Å². The van der Waals surface area contributed by atoms with Crippen LogP contribution in [-0.2, 0) is 10.8 Å².